The SMILES string of the molecule is Nc1ncnc2c1nc(Sc1cc3c(cc1-c1ncco1)CCC3)n2CCNCCN[SH](=O)=O. The van der Waals surface area contributed by atoms with Crippen LogP contribution >= 0.6 is 11.8 Å². The Morgan fingerprint density at radius 3 is 2.76 bits per heavy atom. The number of aromatic nitrogens is 5. The van der Waals surface area contributed by atoms with E-state index in [-0.39, 0.29) is 0 Å². The maximum Gasteiger partial charge on any atom is 0.227 e. The fourth-order valence-electron chi connectivity index (χ4n) is 4.07. The molecule has 0 aliphatic heterocycles. The van der Waals surface area contributed by atoms with Gasteiger partial charge in [-0.05, 0) is 42.5 Å². The molecule has 11 nitrogen and oxygen atoms in total. The van der Waals surface area contributed by atoms with Crippen molar-refractivity contribution in [1.29, 1.82) is 0 Å². The van der Waals surface area contributed by atoms with Gasteiger partial charge in [0.25, 0.3) is 0 Å². The van der Waals surface area contributed by atoms with Crippen LogP contribution in [0.15, 0.2) is 45.4 Å². The van der Waals surface area contributed by atoms with Gasteiger partial charge in [0.15, 0.2) is 22.1 Å². The Kier molecular flexibility index (Phi) is 6.76. The minimum absolute atomic E-state index is 0.323. The summed E-state index contributed by atoms with van der Waals surface area (Å²) >= 11 is 1.52. The van der Waals surface area contributed by atoms with Crippen LogP contribution in [0.5, 0.6) is 0 Å². The third kappa shape index (κ3) is 4.78. The molecule has 13 heteroatoms. The average Bonchev–Trinajstić information content (AvgIpc) is 3.56. The van der Waals surface area contributed by atoms with Gasteiger partial charge < -0.3 is 20.0 Å². The molecular formula is C21H24N8O3S2. The van der Waals surface area contributed by atoms with Crippen molar-refractivity contribution in [3.63, 3.8) is 0 Å². The lowest BCUT2D eigenvalue weighted by Crippen LogP contribution is -2.29. The van der Waals surface area contributed by atoms with E-state index in [4.69, 9.17) is 15.1 Å². The zero-order valence-corrected chi connectivity index (χ0v) is 19.9. The molecule has 3 heterocycles. The fraction of sp³-hybridized carbons (Fsp3) is 0.333. The van der Waals surface area contributed by atoms with Crippen molar-refractivity contribution in [1.82, 2.24) is 34.5 Å². The molecule has 178 valence electrons. The van der Waals surface area contributed by atoms with E-state index in [1.165, 1.54) is 29.2 Å². The first-order valence-corrected chi connectivity index (χ1v) is 12.9. The van der Waals surface area contributed by atoms with Gasteiger partial charge in [-0.25, -0.2) is 33.1 Å². The van der Waals surface area contributed by atoms with Gasteiger partial charge in [-0.3, -0.25) is 0 Å². The van der Waals surface area contributed by atoms with Crippen molar-refractivity contribution in [3.05, 3.63) is 42.0 Å². The summed E-state index contributed by atoms with van der Waals surface area (Å²) < 4.78 is 31.3. The van der Waals surface area contributed by atoms with Crippen LogP contribution in [0.25, 0.3) is 22.6 Å². The summed E-state index contributed by atoms with van der Waals surface area (Å²) in [5.41, 5.74) is 10.9. The Morgan fingerprint density at radius 2 is 1.97 bits per heavy atom. The number of nitrogens with one attached hydrogen (secondary N) is 2. The highest BCUT2D eigenvalue weighted by Crippen LogP contribution is 2.40. The first kappa shape index (κ1) is 22.8. The monoisotopic (exact) mass is 500 g/mol. The highest BCUT2D eigenvalue weighted by molar-refractivity contribution is 7.99. The van der Waals surface area contributed by atoms with E-state index in [0.29, 0.717) is 49.1 Å². The van der Waals surface area contributed by atoms with Crippen LogP contribution < -0.4 is 15.8 Å². The van der Waals surface area contributed by atoms with Crippen molar-refractivity contribution in [2.75, 3.05) is 25.4 Å². The van der Waals surface area contributed by atoms with Crippen LogP contribution in [0.2, 0.25) is 0 Å². The molecule has 34 heavy (non-hydrogen) atoms. The smallest absolute Gasteiger partial charge is 0.227 e. The number of nitrogens with zero attached hydrogens (tertiary/aromatic N) is 5. The summed E-state index contributed by atoms with van der Waals surface area (Å²) in [5.74, 6) is 0.897. The third-order valence-corrected chi connectivity index (χ3v) is 7.17. The number of thiol groups is 1. The van der Waals surface area contributed by atoms with Crippen LogP contribution in [0, 0.1) is 0 Å². The second-order valence-electron chi connectivity index (χ2n) is 7.80. The van der Waals surface area contributed by atoms with E-state index < -0.39 is 10.9 Å². The number of nitrogens with two attached hydrogens (primary N) is 1. The van der Waals surface area contributed by atoms with Crippen molar-refractivity contribution >= 4 is 39.6 Å². The molecule has 0 unspecified atom stereocenters. The van der Waals surface area contributed by atoms with Gasteiger partial charge in [0.2, 0.25) is 16.8 Å². The van der Waals surface area contributed by atoms with Gasteiger partial charge in [0.05, 0.1) is 11.8 Å². The van der Waals surface area contributed by atoms with Crippen molar-refractivity contribution < 1.29 is 12.8 Å². The highest BCUT2D eigenvalue weighted by atomic mass is 32.2. The van der Waals surface area contributed by atoms with Crippen LogP contribution in [0.3, 0.4) is 0 Å². The first-order chi connectivity index (χ1) is 16.6. The number of imidazole rings is 1. The van der Waals surface area contributed by atoms with Gasteiger partial charge in [-0.15, -0.1) is 0 Å². The third-order valence-electron chi connectivity index (χ3n) is 5.64. The Labute approximate surface area is 201 Å². The molecule has 0 amide bonds. The molecule has 1 aliphatic carbocycles. The van der Waals surface area contributed by atoms with Gasteiger partial charge >= 0.3 is 0 Å². The molecule has 0 fully saturated rings. The second-order valence-corrected chi connectivity index (χ2v) is 9.64. The van der Waals surface area contributed by atoms with Gasteiger partial charge in [-0.1, -0.05) is 11.8 Å². The standard InChI is InChI=1S/C21H24N8O3S2/c22-18-17-19(26-12-25-18)29(8-6-23-4-5-27-34(30)31)21(28-17)33-16-11-14-3-1-2-13(14)10-15(16)20-24-7-9-32-20/h7,9-12,23,34H,1-6,8H2,(H2,22,25,26)(H,27,30,31). The van der Waals surface area contributed by atoms with Gasteiger partial charge in [0.1, 0.15) is 12.6 Å². The summed E-state index contributed by atoms with van der Waals surface area (Å²) in [5, 5.41) is 3.96. The van der Waals surface area contributed by atoms with Crippen molar-refractivity contribution in [2.24, 2.45) is 0 Å². The van der Waals surface area contributed by atoms with Crippen molar-refractivity contribution in [3.8, 4) is 11.5 Å². The molecule has 0 saturated heterocycles. The Balaban J connectivity index is 1.46. The molecule has 4 N–H and O–H groups in total. The predicted octanol–water partition coefficient (Wildman–Crippen LogP) is 1.41. The number of oxazole rings is 1. The van der Waals surface area contributed by atoms with Crippen LogP contribution in [0.4, 0.5) is 5.82 Å². The van der Waals surface area contributed by atoms with Crippen molar-refractivity contribution in [2.45, 2.75) is 35.9 Å². The Hall–Kier alpha value is -3.00. The maximum atomic E-state index is 10.6. The molecule has 0 atom stereocenters. The fourth-order valence-corrected chi connectivity index (χ4v) is 5.45. The first-order valence-electron chi connectivity index (χ1n) is 10.9. The maximum absolute atomic E-state index is 10.6. The van der Waals surface area contributed by atoms with Crippen LogP contribution in [0.1, 0.15) is 17.5 Å². The number of fused-ring (bicyclic) bond motifs is 2. The van der Waals surface area contributed by atoms with E-state index in [2.05, 4.69) is 37.1 Å². The molecule has 0 radical (unpaired) electrons. The Bertz CT molecular complexity index is 1380. The normalized spacial score (nSPS) is 13.2. The summed E-state index contributed by atoms with van der Waals surface area (Å²) in [6, 6.07) is 4.38. The summed E-state index contributed by atoms with van der Waals surface area (Å²) in [4.78, 5) is 18.6. The lowest BCUT2D eigenvalue weighted by molar-refractivity contribution is 0.566. The zero-order valence-electron chi connectivity index (χ0n) is 18.2. The topological polar surface area (TPSA) is 154 Å². The summed E-state index contributed by atoms with van der Waals surface area (Å²) in [6.45, 7) is 2.00. The molecule has 0 saturated carbocycles. The number of nitrogen functional groups attached to an aromatic ring is 1. The number of rotatable bonds is 10. The molecule has 5 rings (SSSR count). The predicted molar refractivity (Wildman–Crippen MR) is 129 cm³/mol. The van der Waals surface area contributed by atoms with E-state index in [1.54, 1.807) is 12.5 Å². The van der Waals surface area contributed by atoms with E-state index in [1.807, 2.05) is 4.57 Å². The largest absolute Gasteiger partial charge is 0.444 e. The lowest BCUT2D eigenvalue weighted by Gasteiger charge is -2.12. The number of benzene rings is 1. The number of aryl methyl sites for hydroxylation is 2. The van der Waals surface area contributed by atoms with Gasteiger partial charge in [-0.2, -0.15) is 0 Å². The molecule has 3 aromatic heterocycles. The number of anilines is 1. The molecule has 0 spiro atoms. The second kappa shape index (κ2) is 10.1. The average molecular weight is 501 g/mol. The molecule has 1 aliphatic rings. The molecule has 0 bridgehead atoms. The minimum Gasteiger partial charge on any atom is -0.444 e. The number of hydrogen-bond acceptors (Lipinski definition) is 10. The van der Waals surface area contributed by atoms with Crippen LogP contribution in [-0.2, 0) is 30.3 Å². The highest BCUT2D eigenvalue weighted by Gasteiger charge is 2.22. The minimum atomic E-state index is -2.59. The zero-order chi connectivity index (χ0) is 23.5. The molecule has 1 aromatic carbocycles. The van der Waals surface area contributed by atoms with Crippen LogP contribution in [-0.4, -0.2) is 52.6 Å². The summed E-state index contributed by atoms with van der Waals surface area (Å²) in [7, 11) is -2.59. The lowest BCUT2D eigenvalue weighted by atomic mass is 10.1. The molecular weight excluding hydrogens is 476 g/mol. The van der Waals surface area contributed by atoms with E-state index in [9.17, 15) is 8.42 Å². The summed E-state index contributed by atoms with van der Waals surface area (Å²) in [6.07, 6.45) is 7.90. The van der Waals surface area contributed by atoms with E-state index in [0.717, 1.165) is 34.9 Å². The van der Waals surface area contributed by atoms with E-state index >= 15 is 0 Å². The quantitative estimate of drug-likeness (QED) is 0.186. The van der Waals surface area contributed by atoms with Gasteiger partial charge in [0, 0.05) is 31.1 Å². The number of hydrogen-bond donors (Lipinski definition) is 4. The Morgan fingerprint density at radius 1 is 1.12 bits per heavy atom. The molecule has 4 aromatic rings.